The third-order valence-corrected chi connectivity index (χ3v) is 7.47. The number of aryl methyl sites for hydroxylation is 1. The number of methoxy groups -OCH3 is 2. The number of benzene rings is 2. The van der Waals surface area contributed by atoms with Crippen molar-refractivity contribution in [1.29, 1.82) is 0 Å². The van der Waals surface area contributed by atoms with Crippen LogP contribution in [0.2, 0.25) is 0 Å². The summed E-state index contributed by atoms with van der Waals surface area (Å²) in [6.45, 7) is 1.74. The summed E-state index contributed by atoms with van der Waals surface area (Å²) in [6, 6.07) is 12.2. The molecule has 0 aliphatic carbocycles. The SMILES string of the molecule is COc1ccc(S(=O)(=O)N2CCCCC2)cc1CCC(=O)NCCOc1ccccc1OC. The van der Waals surface area contributed by atoms with Crippen LogP contribution >= 0.6 is 0 Å². The maximum Gasteiger partial charge on any atom is 0.243 e. The Morgan fingerprint density at radius 2 is 1.67 bits per heavy atom. The number of hydrogen-bond acceptors (Lipinski definition) is 6. The average molecular weight is 477 g/mol. The fourth-order valence-electron chi connectivity index (χ4n) is 3.79. The van der Waals surface area contributed by atoms with E-state index in [-0.39, 0.29) is 17.2 Å². The Bertz CT molecular complexity index is 1040. The van der Waals surface area contributed by atoms with Gasteiger partial charge in [0.2, 0.25) is 15.9 Å². The second kappa shape index (κ2) is 11.9. The summed E-state index contributed by atoms with van der Waals surface area (Å²) in [5.74, 6) is 1.67. The molecule has 1 aliphatic rings. The molecule has 0 atom stereocenters. The van der Waals surface area contributed by atoms with Gasteiger partial charge in [-0.2, -0.15) is 4.31 Å². The zero-order chi connectivity index (χ0) is 23.7. The molecule has 3 rings (SSSR count). The number of para-hydroxylation sites is 2. The monoisotopic (exact) mass is 476 g/mol. The lowest BCUT2D eigenvalue weighted by atomic mass is 10.1. The summed E-state index contributed by atoms with van der Waals surface area (Å²) >= 11 is 0. The molecule has 180 valence electrons. The largest absolute Gasteiger partial charge is 0.496 e. The summed E-state index contributed by atoms with van der Waals surface area (Å²) < 4.78 is 43.8. The van der Waals surface area contributed by atoms with Crippen LogP contribution in [0, 0.1) is 0 Å². The number of nitrogens with zero attached hydrogens (tertiary/aromatic N) is 1. The molecular weight excluding hydrogens is 444 g/mol. The van der Waals surface area contributed by atoms with Crippen molar-refractivity contribution in [3.05, 3.63) is 48.0 Å². The standard InChI is InChI=1S/C24H32N2O6S/c1-30-21-12-11-20(33(28,29)26-15-6-3-7-16-26)18-19(21)10-13-24(27)25-14-17-32-23-9-5-4-8-22(23)31-2/h4-5,8-9,11-12,18H,3,6-7,10,13-17H2,1-2H3,(H,25,27). The molecule has 1 fully saturated rings. The molecule has 0 spiro atoms. The molecule has 2 aromatic rings. The van der Waals surface area contributed by atoms with Gasteiger partial charge in [0, 0.05) is 19.5 Å². The van der Waals surface area contributed by atoms with Crippen LogP contribution in [-0.2, 0) is 21.2 Å². The quantitative estimate of drug-likeness (QED) is 0.501. The van der Waals surface area contributed by atoms with Crippen LogP contribution in [0.15, 0.2) is 47.4 Å². The van der Waals surface area contributed by atoms with E-state index in [1.165, 1.54) is 11.4 Å². The normalized spacial score (nSPS) is 14.5. The van der Waals surface area contributed by atoms with Crippen LogP contribution in [0.4, 0.5) is 0 Å². The van der Waals surface area contributed by atoms with Crippen molar-refractivity contribution < 1.29 is 27.4 Å². The predicted molar refractivity (Wildman–Crippen MR) is 125 cm³/mol. The molecular formula is C24H32N2O6S. The molecule has 1 saturated heterocycles. The number of amides is 1. The Kier molecular flexibility index (Phi) is 8.96. The van der Waals surface area contributed by atoms with Gasteiger partial charge in [-0.1, -0.05) is 18.6 Å². The number of ether oxygens (including phenoxy) is 3. The fourth-order valence-corrected chi connectivity index (χ4v) is 5.36. The molecule has 8 nitrogen and oxygen atoms in total. The summed E-state index contributed by atoms with van der Waals surface area (Å²) in [6.07, 6.45) is 3.38. The van der Waals surface area contributed by atoms with E-state index >= 15 is 0 Å². The number of rotatable bonds is 11. The van der Waals surface area contributed by atoms with Crippen molar-refractivity contribution in [1.82, 2.24) is 9.62 Å². The molecule has 2 aromatic carbocycles. The number of nitrogens with one attached hydrogen (secondary N) is 1. The van der Waals surface area contributed by atoms with Crippen molar-refractivity contribution in [2.45, 2.75) is 37.0 Å². The number of sulfonamides is 1. The van der Waals surface area contributed by atoms with Crippen LogP contribution in [0.5, 0.6) is 17.2 Å². The van der Waals surface area contributed by atoms with E-state index in [1.807, 2.05) is 12.1 Å². The average Bonchev–Trinajstić information content (AvgIpc) is 2.85. The molecule has 0 unspecified atom stereocenters. The van der Waals surface area contributed by atoms with Crippen molar-refractivity contribution in [3.63, 3.8) is 0 Å². The zero-order valence-electron chi connectivity index (χ0n) is 19.2. The van der Waals surface area contributed by atoms with Gasteiger partial charge in [-0.15, -0.1) is 0 Å². The van der Waals surface area contributed by atoms with Crippen molar-refractivity contribution in [2.24, 2.45) is 0 Å². The highest BCUT2D eigenvalue weighted by Gasteiger charge is 2.26. The van der Waals surface area contributed by atoms with Crippen LogP contribution in [-0.4, -0.2) is 59.1 Å². The summed E-state index contributed by atoms with van der Waals surface area (Å²) in [5, 5.41) is 2.82. The Hall–Kier alpha value is -2.78. The smallest absolute Gasteiger partial charge is 0.243 e. The molecule has 0 aromatic heterocycles. The van der Waals surface area contributed by atoms with Gasteiger partial charge in [0.05, 0.1) is 25.7 Å². The number of carbonyl (C=O) groups is 1. The van der Waals surface area contributed by atoms with Gasteiger partial charge < -0.3 is 19.5 Å². The number of hydrogen-bond donors (Lipinski definition) is 1. The van der Waals surface area contributed by atoms with Crippen LogP contribution in [0.25, 0.3) is 0 Å². The first kappa shape index (κ1) is 24.9. The van der Waals surface area contributed by atoms with Gasteiger partial charge in [0.15, 0.2) is 11.5 Å². The molecule has 33 heavy (non-hydrogen) atoms. The van der Waals surface area contributed by atoms with E-state index in [1.54, 1.807) is 37.4 Å². The lowest BCUT2D eigenvalue weighted by Gasteiger charge is -2.26. The summed E-state index contributed by atoms with van der Waals surface area (Å²) in [5.41, 5.74) is 0.691. The summed E-state index contributed by atoms with van der Waals surface area (Å²) in [4.78, 5) is 12.6. The molecule has 1 aliphatic heterocycles. The van der Waals surface area contributed by atoms with Crippen LogP contribution in [0.3, 0.4) is 0 Å². The van der Waals surface area contributed by atoms with Crippen LogP contribution in [0.1, 0.15) is 31.2 Å². The Labute approximate surface area is 195 Å². The second-order valence-electron chi connectivity index (χ2n) is 7.79. The van der Waals surface area contributed by atoms with Crippen molar-refractivity contribution in [3.8, 4) is 17.2 Å². The molecule has 1 amide bonds. The minimum absolute atomic E-state index is 0.148. The maximum absolute atomic E-state index is 13.0. The van der Waals surface area contributed by atoms with Crippen molar-refractivity contribution >= 4 is 15.9 Å². The molecule has 0 bridgehead atoms. The highest BCUT2D eigenvalue weighted by Crippen LogP contribution is 2.27. The Morgan fingerprint density at radius 1 is 0.970 bits per heavy atom. The highest BCUT2D eigenvalue weighted by atomic mass is 32.2. The zero-order valence-corrected chi connectivity index (χ0v) is 20.0. The third kappa shape index (κ3) is 6.61. The van der Waals surface area contributed by atoms with Gasteiger partial charge in [0.1, 0.15) is 12.4 Å². The fraction of sp³-hybridized carbons (Fsp3) is 0.458. The van der Waals surface area contributed by atoms with Gasteiger partial charge in [-0.3, -0.25) is 4.79 Å². The Balaban J connectivity index is 1.54. The lowest BCUT2D eigenvalue weighted by molar-refractivity contribution is -0.121. The lowest BCUT2D eigenvalue weighted by Crippen LogP contribution is -2.35. The molecule has 1 heterocycles. The molecule has 0 radical (unpaired) electrons. The van der Waals surface area contributed by atoms with Gasteiger partial charge >= 0.3 is 0 Å². The summed E-state index contributed by atoms with van der Waals surface area (Å²) in [7, 11) is -0.438. The van der Waals surface area contributed by atoms with Gasteiger partial charge in [-0.05, 0) is 55.2 Å². The highest BCUT2D eigenvalue weighted by molar-refractivity contribution is 7.89. The Morgan fingerprint density at radius 3 is 2.36 bits per heavy atom. The topological polar surface area (TPSA) is 94.2 Å². The van der Waals surface area contributed by atoms with E-state index in [0.717, 1.165) is 19.3 Å². The van der Waals surface area contributed by atoms with Crippen molar-refractivity contribution in [2.75, 3.05) is 40.5 Å². The van der Waals surface area contributed by atoms with E-state index in [4.69, 9.17) is 14.2 Å². The maximum atomic E-state index is 13.0. The number of piperidine rings is 1. The van der Waals surface area contributed by atoms with Gasteiger partial charge in [0.25, 0.3) is 0 Å². The van der Waals surface area contributed by atoms with E-state index in [9.17, 15) is 13.2 Å². The molecule has 9 heteroatoms. The van der Waals surface area contributed by atoms with Gasteiger partial charge in [-0.25, -0.2) is 8.42 Å². The minimum atomic E-state index is -3.55. The second-order valence-corrected chi connectivity index (χ2v) is 9.73. The first-order valence-corrected chi connectivity index (χ1v) is 12.6. The predicted octanol–water partition coefficient (Wildman–Crippen LogP) is 3.01. The van der Waals surface area contributed by atoms with Crippen LogP contribution < -0.4 is 19.5 Å². The van der Waals surface area contributed by atoms with E-state index < -0.39 is 10.0 Å². The molecule has 1 N–H and O–H groups in total. The van der Waals surface area contributed by atoms with E-state index in [2.05, 4.69) is 5.32 Å². The minimum Gasteiger partial charge on any atom is -0.496 e. The number of carbonyl (C=O) groups excluding carboxylic acids is 1. The first-order chi connectivity index (χ1) is 16.0. The first-order valence-electron chi connectivity index (χ1n) is 11.2. The molecule has 0 saturated carbocycles. The third-order valence-electron chi connectivity index (χ3n) is 5.58. The van der Waals surface area contributed by atoms with E-state index in [0.29, 0.717) is 55.5 Å².